The molecule has 1 rings (SSSR count). The zero-order valence-electron chi connectivity index (χ0n) is 8.86. The summed E-state index contributed by atoms with van der Waals surface area (Å²) in [6.07, 6.45) is 2.64. The van der Waals surface area contributed by atoms with Crippen molar-refractivity contribution >= 4 is 0 Å². The second kappa shape index (κ2) is 4.94. The molecule has 0 aliphatic heterocycles. The molecule has 1 fully saturated rings. The first-order chi connectivity index (χ1) is 6.15. The van der Waals surface area contributed by atoms with Crippen LogP contribution in [-0.4, -0.2) is 49.0 Å². The fourth-order valence-corrected chi connectivity index (χ4v) is 1.82. The van der Waals surface area contributed by atoms with E-state index in [0.29, 0.717) is 6.04 Å². The number of ether oxygens (including phenoxy) is 1. The first-order valence-corrected chi connectivity index (χ1v) is 5.11. The lowest BCUT2D eigenvalue weighted by molar-refractivity contribution is -0.0183. The summed E-state index contributed by atoms with van der Waals surface area (Å²) in [4.78, 5) is 2.17. The van der Waals surface area contributed by atoms with Gasteiger partial charge in [-0.3, -0.25) is 0 Å². The topological polar surface area (TPSA) is 32.7 Å². The Kier molecular flexibility index (Phi) is 4.16. The fraction of sp³-hybridized carbons (Fsp3) is 1.00. The van der Waals surface area contributed by atoms with Crippen LogP contribution < -0.4 is 0 Å². The highest BCUT2D eigenvalue weighted by molar-refractivity contribution is 4.88. The van der Waals surface area contributed by atoms with Crippen molar-refractivity contribution in [1.29, 1.82) is 0 Å². The Bertz CT molecular complexity index is 150. The molecule has 0 aromatic rings. The Morgan fingerprint density at radius 2 is 2.08 bits per heavy atom. The number of nitrogens with zero attached hydrogens (tertiary/aromatic N) is 1. The average Bonchev–Trinajstić information content (AvgIpc) is 2.44. The Balaban J connectivity index is 2.33. The lowest BCUT2D eigenvalue weighted by Crippen LogP contribution is -2.25. The van der Waals surface area contributed by atoms with Gasteiger partial charge in [0.15, 0.2) is 0 Å². The van der Waals surface area contributed by atoms with Crippen LogP contribution in [0.2, 0.25) is 0 Å². The van der Waals surface area contributed by atoms with Crippen molar-refractivity contribution in [3.8, 4) is 0 Å². The van der Waals surface area contributed by atoms with Gasteiger partial charge in [0.25, 0.3) is 0 Å². The molecule has 0 amide bonds. The molecule has 13 heavy (non-hydrogen) atoms. The Morgan fingerprint density at radius 3 is 2.54 bits per heavy atom. The van der Waals surface area contributed by atoms with Crippen LogP contribution in [0, 0.1) is 0 Å². The molecule has 3 atom stereocenters. The second-order valence-electron chi connectivity index (χ2n) is 4.07. The Labute approximate surface area is 80.7 Å². The van der Waals surface area contributed by atoms with E-state index in [9.17, 15) is 5.11 Å². The van der Waals surface area contributed by atoms with E-state index in [-0.39, 0.29) is 12.2 Å². The summed E-state index contributed by atoms with van der Waals surface area (Å²) < 4.78 is 5.57. The number of rotatable bonds is 4. The standard InChI is InChI=1S/C10H21NO2/c1-4-5-13-10-7-8(11(2)3)6-9(10)12/h8-10,12H,4-7H2,1-3H3/t8-,9-,10+/m0/s1. The van der Waals surface area contributed by atoms with Crippen molar-refractivity contribution in [2.75, 3.05) is 20.7 Å². The van der Waals surface area contributed by atoms with Crippen LogP contribution >= 0.6 is 0 Å². The van der Waals surface area contributed by atoms with Gasteiger partial charge < -0.3 is 14.7 Å². The quantitative estimate of drug-likeness (QED) is 0.708. The molecule has 0 bridgehead atoms. The summed E-state index contributed by atoms with van der Waals surface area (Å²) in [7, 11) is 4.11. The smallest absolute Gasteiger partial charge is 0.0849 e. The molecule has 1 N–H and O–H groups in total. The first-order valence-electron chi connectivity index (χ1n) is 5.11. The molecule has 78 valence electrons. The van der Waals surface area contributed by atoms with Gasteiger partial charge >= 0.3 is 0 Å². The predicted octanol–water partition coefficient (Wildman–Crippen LogP) is 0.866. The second-order valence-corrected chi connectivity index (χ2v) is 4.07. The van der Waals surface area contributed by atoms with E-state index in [1.165, 1.54) is 0 Å². The van der Waals surface area contributed by atoms with E-state index in [2.05, 4.69) is 25.9 Å². The van der Waals surface area contributed by atoms with Crippen molar-refractivity contribution in [2.45, 2.75) is 44.4 Å². The molecule has 1 saturated carbocycles. The zero-order valence-corrected chi connectivity index (χ0v) is 8.86. The summed E-state index contributed by atoms with van der Waals surface area (Å²) in [6.45, 7) is 2.85. The Morgan fingerprint density at radius 1 is 1.38 bits per heavy atom. The molecule has 3 nitrogen and oxygen atoms in total. The molecular formula is C10H21NO2. The van der Waals surface area contributed by atoms with E-state index in [1.54, 1.807) is 0 Å². The maximum Gasteiger partial charge on any atom is 0.0849 e. The van der Waals surface area contributed by atoms with Crippen molar-refractivity contribution in [2.24, 2.45) is 0 Å². The lowest BCUT2D eigenvalue weighted by atomic mass is 10.2. The number of hydrogen-bond acceptors (Lipinski definition) is 3. The van der Waals surface area contributed by atoms with Gasteiger partial charge in [0.2, 0.25) is 0 Å². The van der Waals surface area contributed by atoms with Crippen molar-refractivity contribution in [3.05, 3.63) is 0 Å². The minimum atomic E-state index is -0.265. The van der Waals surface area contributed by atoms with E-state index in [1.807, 2.05) is 0 Å². The Hall–Kier alpha value is -0.120. The van der Waals surface area contributed by atoms with E-state index in [0.717, 1.165) is 25.9 Å². The van der Waals surface area contributed by atoms with Gasteiger partial charge in [0.1, 0.15) is 0 Å². The third kappa shape index (κ3) is 2.93. The molecule has 0 aromatic carbocycles. The van der Waals surface area contributed by atoms with Gasteiger partial charge in [-0.25, -0.2) is 0 Å². The first kappa shape index (κ1) is 11.0. The highest BCUT2D eigenvalue weighted by atomic mass is 16.5. The molecule has 1 aliphatic rings. The van der Waals surface area contributed by atoms with Gasteiger partial charge in [0, 0.05) is 12.6 Å². The van der Waals surface area contributed by atoms with E-state index >= 15 is 0 Å². The minimum absolute atomic E-state index is 0.0624. The van der Waals surface area contributed by atoms with Crippen LogP contribution in [0.15, 0.2) is 0 Å². The fourth-order valence-electron chi connectivity index (χ4n) is 1.82. The average molecular weight is 187 g/mol. The molecule has 0 aromatic heterocycles. The van der Waals surface area contributed by atoms with Crippen LogP contribution in [0.4, 0.5) is 0 Å². The highest BCUT2D eigenvalue weighted by Crippen LogP contribution is 2.25. The van der Waals surface area contributed by atoms with Crippen molar-refractivity contribution < 1.29 is 9.84 Å². The maximum atomic E-state index is 9.68. The molecule has 0 heterocycles. The van der Waals surface area contributed by atoms with E-state index < -0.39 is 0 Å². The van der Waals surface area contributed by atoms with Crippen LogP contribution in [0.25, 0.3) is 0 Å². The molecular weight excluding hydrogens is 166 g/mol. The minimum Gasteiger partial charge on any atom is -0.390 e. The number of hydrogen-bond donors (Lipinski definition) is 1. The summed E-state index contributed by atoms with van der Waals surface area (Å²) in [5.74, 6) is 0. The van der Waals surface area contributed by atoms with Crippen molar-refractivity contribution in [3.63, 3.8) is 0 Å². The van der Waals surface area contributed by atoms with Gasteiger partial charge in [-0.05, 0) is 33.4 Å². The lowest BCUT2D eigenvalue weighted by Gasteiger charge is -2.18. The van der Waals surface area contributed by atoms with Gasteiger partial charge in [-0.15, -0.1) is 0 Å². The van der Waals surface area contributed by atoms with Crippen LogP contribution in [0.1, 0.15) is 26.2 Å². The molecule has 0 radical (unpaired) electrons. The predicted molar refractivity (Wildman–Crippen MR) is 52.7 cm³/mol. The highest BCUT2D eigenvalue weighted by Gasteiger charge is 2.34. The van der Waals surface area contributed by atoms with Gasteiger partial charge in [-0.1, -0.05) is 6.92 Å². The molecule has 0 unspecified atom stereocenters. The molecule has 1 aliphatic carbocycles. The maximum absolute atomic E-state index is 9.68. The third-order valence-corrected chi connectivity index (χ3v) is 2.71. The van der Waals surface area contributed by atoms with Crippen LogP contribution in [-0.2, 0) is 4.74 Å². The summed E-state index contributed by atoms with van der Waals surface area (Å²) in [5, 5.41) is 9.68. The van der Waals surface area contributed by atoms with Crippen LogP contribution in [0.5, 0.6) is 0 Å². The summed E-state index contributed by atoms with van der Waals surface area (Å²) in [5.41, 5.74) is 0. The number of aliphatic hydroxyl groups is 1. The normalized spacial score (nSPS) is 34.4. The monoisotopic (exact) mass is 187 g/mol. The van der Waals surface area contributed by atoms with Crippen LogP contribution in [0.3, 0.4) is 0 Å². The summed E-state index contributed by atoms with van der Waals surface area (Å²) >= 11 is 0. The van der Waals surface area contributed by atoms with E-state index in [4.69, 9.17) is 4.74 Å². The van der Waals surface area contributed by atoms with Gasteiger partial charge in [-0.2, -0.15) is 0 Å². The third-order valence-electron chi connectivity index (χ3n) is 2.71. The summed E-state index contributed by atoms with van der Waals surface area (Å²) in [6, 6.07) is 0.483. The molecule has 0 spiro atoms. The SMILES string of the molecule is CCCO[C@@H]1C[C@@H](N(C)C)C[C@@H]1O. The zero-order chi connectivity index (χ0) is 9.84. The molecule has 0 saturated heterocycles. The van der Waals surface area contributed by atoms with Crippen molar-refractivity contribution in [1.82, 2.24) is 4.90 Å². The largest absolute Gasteiger partial charge is 0.390 e. The number of aliphatic hydroxyl groups excluding tert-OH is 1. The molecule has 3 heteroatoms. The van der Waals surface area contributed by atoms with Gasteiger partial charge in [0.05, 0.1) is 12.2 Å².